The lowest BCUT2D eigenvalue weighted by molar-refractivity contribution is -0.132. The zero-order valence-electron chi connectivity index (χ0n) is 13.6. The van der Waals surface area contributed by atoms with Crippen LogP contribution in [-0.2, 0) is 11.3 Å². The molecule has 0 N–H and O–H groups in total. The molecule has 2 aromatic rings. The second-order valence-electron chi connectivity index (χ2n) is 6.17. The second-order valence-corrected chi connectivity index (χ2v) is 6.17. The number of fused-ring (bicyclic) bond motifs is 1. The summed E-state index contributed by atoms with van der Waals surface area (Å²) in [5, 5.41) is 4.16. The Morgan fingerprint density at radius 2 is 2.12 bits per heavy atom. The normalized spacial score (nSPS) is 19.5. The van der Waals surface area contributed by atoms with E-state index >= 15 is 0 Å². The summed E-state index contributed by atoms with van der Waals surface area (Å²) < 4.78 is 13.1. The Labute approximate surface area is 141 Å². The van der Waals surface area contributed by atoms with Crippen LogP contribution in [0.2, 0.25) is 0 Å². The minimum absolute atomic E-state index is 0.131. The molecule has 6 nitrogen and oxygen atoms in total. The van der Waals surface area contributed by atoms with Crippen LogP contribution in [0.1, 0.15) is 30.9 Å². The summed E-state index contributed by atoms with van der Waals surface area (Å²) in [5.74, 6) is 1.76. The van der Waals surface area contributed by atoms with Crippen molar-refractivity contribution in [2.75, 3.05) is 19.8 Å². The van der Waals surface area contributed by atoms with Gasteiger partial charge in [-0.25, -0.2) is 0 Å². The molecule has 3 heterocycles. The van der Waals surface area contributed by atoms with Crippen molar-refractivity contribution in [2.24, 2.45) is 0 Å². The first-order chi connectivity index (χ1) is 11.8. The third kappa shape index (κ3) is 2.96. The van der Waals surface area contributed by atoms with E-state index < -0.39 is 0 Å². The highest BCUT2D eigenvalue weighted by atomic mass is 16.6. The van der Waals surface area contributed by atoms with E-state index in [1.54, 1.807) is 10.9 Å². The number of rotatable bonds is 4. The van der Waals surface area contributed by atoms with E-state index in [4.69, 9.17) is 9.47 Å². The maximum Gasteiger partial charge on any atom is 0.224 e. The van der Waals surface area contributed by atoms with Gasteiger partial charge in [0.2, 0.25) is 5.91 Å². The topological polar surface area (TPSA) is 56.6 Å². The van der Waals surface area contributed by atoms with Gasteiger partial charge < -0.3 is 14.4 Å². The van der Waals surface area contributed by atoms with E-state index in [9.17, 15) is 4.79 Å². The van der Waals surface area contributed by atoms with Gasteiger partial charge in [-0.3, -0.25) is 9.48 Å². The van der Waals surface area contributed by atoms with Gasteiger partial charge in [-0.15, -0.1) is 0 Å². The average molecular weight is 327 g/mol. The molecule has 2 aliphatic rings. The molecule has 2 aliphatic heterocycles. The summed E-state index contributed by atoms with van der Waals surface area (Å²) in [6, 6.07) is 8.04. The van der Waals surface area contributed by atoms with E-state index in [1.807, 2.05) is 29.3 Å². The summed E-state index contributed by atoms with van der Waals surface area (Å²) in [5.41, 5.74) is 1.13. The van der Waals surface area contributed by atoms with E-state index in [1.165, 1.54) is 0 Å². The van der Waals surface area contributed by atoms with Crippen molar-refractivity contribution >= 4 is 5.91 Å². The van der Waals surface area contributed by atoms with E-state index in [-0.39, 0.29) is 11.9 Å². The SMILES string of the molecule is O=C(CCn1cccn1)N1CCC[C@@H]1c1ccc2c(c1)OCCO2. The molecule has 0 spiro atoms. The van der Waals surface area contributed by atoms with Gasteiger partial charge >= 0.3 is 0 Å². The van der Waals surface area contributed by atoms with Crippen LogP contribution >= 0.6 is 0 Å². The van der Waals surface area contributed by atoms with E-state index in [0.717, 1.165) is 36.4 Å². The maximum atomic E-state index is 12.6. The van der Waals surface area contributed by atoms with Crippen LogP contribution < -0.4 is 9.47 Å². The Bertz CT molecular complexity index is 714. The molecule has 0 saturated carbocycles. The number of carbonyl (C=O) groups excluding carboxylic acids is 1. The highest BCUT2D eigenvalue weighted by Crippen LogP contribution is 2.38. The highest BCUT2D eigenvalue weighted by Gasteiger charge is 2.30. The van der Waals surface area contributed by atoms with Gasteiger partial charge in [-0.05, 0) is 36.6 Å². The number of aryl methyl sites for hydroxylation is 1. The number of benzene rings is 1. The first-order valence-electron chi connectivity index (χ1n) is 8.48. The molecule has 6 heteroatoms. The Kier molecular flexibility index (Phi) is 4.11. The van der Waals surface area contributed by atoms with Gasteiger partial charge in [-0.1, -0.05) is 6.07 Å². The number of ether oxygens (including phenoxy) is 2. The van der Waals surface area contributed by atoms with Crippen molar-refractivity contribution in [3.8, 4) is 11.5 Å². The molecule has 0 bridgehead atoms. The van der Waals surface area contributed by atoms with Gasteiger partial charge in [0.1, 0.15) is 13.2 Å². The lowest BCUT2D eigenvalue weighted by atomic mass is 10.0. The fourth-order valence-corrected chi connectivity index (χ4v) is 3.47. The van der Waals surface area contributed by atoms with Gasteiger partial charge in [0.05, 0.1) is 6.04 Å². The monoisotopic (exact) mass is 327 g/mol. The van der Waals surface area contributed by atoms with Crippen LogP contribution in [0.25, 0.3) is 0 Å². The van der Waals surface area contributed by atoms with Crippen LogP contribution in [0.15, 0.2) is 36.7 Å². The Balaban J connectivity index is 1.47. The number of amides is 1. The van der Waals surface area contributed by atoms with Crippen molar-refractivity contribution in [3.63, 3.8) is 0 Å². The van der Waals surface area contributed by atoms with Crippen molar-refractivity contribution in [1.29, 1.82) is 0 Å². The van der Waals surface area contributed by atoms with Crippen LogP contribution in [-0.4, -0.2) is 40.3 Å². The zero-order chi connectivity index (χ0) is 16.4. The van der Waals surface area contributed by atoms with Crippen LogP contribution in [0, 0.1) is 0 Å². The summed E-state index contributed by atoms with van der Waals surface area (Å²) in [7, 11) is 0. The first kappa shape index (κ1) is 15.1. The molecule has 0 unspecified atom stereocenters. The Morgan fingerprint density at radius 3 is 2.96 bits per heavy atom. The molecule has 1 saturated heterocycles. The van der Waals surface area contributed by atoms with Gasteiger partial charge in [0.25, 0.3) is 0 Å². The third-order valence-corrected chi connectivity index (χ3v) is 4.64. The first-order valence-corrected chi connectivity index (χ1v) is 8.48. The molecule has 1 amide bonds. The number of carbonyl (C=O) groups is 1. The van der Waals surface area contributed by atoms with E-state index in [0.29, 0.717) is 26.2 Å². The predicted molar refractivity (Wildman–Crippen MR) is 88.0 cm³/mol. The van der Waals surface area contributed by atoms with Crippen molar-refractivity contribution in [2.45, 2.75) is 31.8 Å². The summed E-state index contributed by atoms with van der Waals surface area (Å²) in [6.45, 7) is 2.61. The highest BCUT2D eigenvalue weighted by molar-refractivity contribution is 5.77. The minimum atomic E-state index is 0.131. The fraction of sp³-hybridized carbons (Fsp3) is 0.444. The lowest BCUT2D eigenvalue weighted by Gasteiger charge is -2.27. The molecular weight excluding hydrogens is 306 g/mol. The number of likely N-dealkylation sites (tertiary alicyclic amines) is 1. The summed E-state index contributed by atoms with van der Waals surface area (Å²) in [4.78, 5) is 14.6. The molecule has 1 atom stereocenters. The molecule has 1 aromatic heterocycles. The number of nitrogens with zero attached hydrogens (tertiary/aromatic N) is 3. The van der Waals surface area contributed by atoms with Crippen LogP contribution in [0.4, 0.5) is 0 Å². The smallest absolute Gasteiger partial charge is 0.224 e. The van der Waals surface area contributed by atoms with Gasteiger partial charge in [0, 0.05) is 31.9 Å². The molecular formula is C18H21N3O3. The molecule has 126 valence electrons. The number of hydrogen-bond donors (Lipinski definition) is 0. The number of hydrogen-bond acceptors (Lipinski definition) is 4. The van der Waals surface area contributed by atoms with Gasteiger partial charge in [-0.2, -0.15) is 5.10 Å². The summed E-state index contributed by atoms with van der Waals surface area (Å²) in [6.07, 6.45) is 6.12. The molecule has 4 rings (SSSR count). The Morgan fingerprint density at radius 1 is 1.25 bits per heavy atom. The minimum Gasteiger partial charge on any atom is -0.486 e. The third-order valence-electron chi connectivity index (χ3n) is 4.64. The predicted octanol–water partition coefficient (Wildman–Crippen LogP) is 2.41. The van der Waals surface area contributed by atoms with Gasteiger partial charge in [0.15, 0.2) is 11.5 Å². The van der Waals surface area contributed by atoms with Crippen molar-refractivity contribution in [3.05, 3.63) is 42.2 Å². The molecule has 1 fully saturated rings. The fourth-order valence-electron chi connectivity index (χ4n) is 3.47. The number of aromatic nitrogens is 2. The maximum absolute atomic E-state index is 12.6. The molecule has 0 radical (unpaired) electrons. The quantitative estimate of drug-likeness (QED) is 0.865. The standard InChI is InChI=1S/C18H21N3O3/c22-18(6-10-20-8-2-7-19-20)21-9-1-3-15(21)14-4-5-16-17(13-14)24-12-11-23-16/h2,4-5,7-8,13,15H,1,3,6,9-12H2/t15-/m1/s1. The molecule has 0 aliphatic carbocycles. The molecule has 24 heavy (non-hydrogen) atoms. The summed E-state index contributed by atoms with van der Waals surface area (Å²) >= 11 is 0. The van der Waals surface area contributed by atoms with E-state index in [2.05, 4.69) is 11.2 Å². The molecule has 1 aromatic carbocycles. The van der Waals surface area contributed by atoms with Crippen LogP contribution in [0.3, 0.4) is 0 Å². The Hall–Kier alpha value is -2.50. The lowest BCUT2D eigenvalue weighted by Crippen LogP contribution is -2.31. The largest absolute Gasteiger partial charge is 0.486 e. The van der Waals surface area contributed by atoms with Crippen molar-refractivity contribution in [1.82, 2.24) is 14.7 Å². The van der Waals surface area contributed by atoms with Crippen LogP contribution in [0.5, 0.6) is 11.5 Å². The zero-order valence-corrected chi connectivity index (χ0v) is 13.6. The second kappa shape index (κ2) is 6.55. The average Bonchev–Trinajstić information content (AvgIpc) is 3.31. The van der Waals surface area contributed by atoms with Crippen molar-refractivity contribution < 1.29 is 14.3 Å².